The number of hydrogen-bond donors (Lipinski definition) is 1. The van der Waals surface area contributed by atoms with Crippen molar-refractivity contribution < 1.29 is 4.79 Å². The minimum Gasteiger partial charge on any atom is -0.281 e. The Morgan fingerprint density at radius 1 is 1.08 bits per heavy atom. The summed E-state index contributed by atoms with van der Waals surface area (Å²) in [7, 11) is 0. The van der Waals surface area contributed by atoms with Gasteiger partial charge in [-0.15, -0.1) is 10.2 Å². The molecule has 1 heterocycles. The number of thioether (sulfide) groups is 1. The summed E-state index contributed by atoms with van der Waals surface area (Å²) in [6, 6.07) is 19.9. The molecule has 24 heavy (non-hydrogen) atoms. The zero-order chi connectivity index (χ0) is 16.6. The van der Waals surface area contributed by atoms with Crippen LogP contribution in [0.5, 0.6) is 0 Å². The zero-order valence-corrected chi connectivity index (χ0v) is 14.5. The first-order chi connectivity index (χ1) is 11.8. The number of amides is 1. The average Bonchev–Trinajstić information content (AvgIpc) is 3.15. The number of carbonyl (C=O) groups is 1. The van der Waals surface area contributed by atoms with Gasteiger partial charge in [0.2, 0.25) is 5.91 Å². The lowest BCUT2D eigenvalue weighted by molar-refractivity contribution is -0.118. The van der Waals surface area contributed by atoms with Crippen LogP contribution in [0.15, 0.2) is 70.5 Å². The van der Waals surface area contributed by atoms with E-state index in [4.69, 9.17) is 0 Å². The molecule has 0 aliphatic rings. The molecule has 0 saturated heterocycles. The highest BCUT2D eigenvalue weighted by Crippen LogP contribution is 2.19. The van der Waals surface area contributed by atoms with Crippen LogP contribution in [-0.2, 0) is 11.3 Å². The second-order valence-corrected chi connectivity index (χ2v) is 6.99. The van der Waals surface area contributed by atoms with Gasteiger partial charge in [0, 0.05) is 0 Å². The maximum Gasteiger partial charge on any atom is 0.248 e. The Balaban J connectivity index is 1.66. The molecule has 1 N–H and O–H groups in total. The van der Waals surface area contributed by atoms with Gasteiger partial charge in [-0.05, 0) is 17.7 Å². The summed E-state index contributed by atoms with van der Waals surface area (Å²) in [6.07, 6.45) is 0. The second-order valence-electron chi connectivity index (χ2n) is 4.94. The van der Waals surface area contributed by atoms with Gasteiger partial charge < -0.3 is 0 Å². The van der Waals surface area contributed by atoms with Crippen LogP contribution in [0.3, 0.4) is 0 Å². The number of hydrogen-bond acceptors (Lipinski definition) is 6. The maximum absolute atomic E-state index is 12.3. The number of nitrogens with zero attached hydrogens (tertiary/aromatic N) is 3. The number of aromatic nitrogens is 2. The summed E-state index contributed by atoms with van der Waals surface area (Å²) in [4.78, 5) is 12.3. The molecule has 0 bridgehead atoms. The number of para-hydroxylation sites is 1. The Bertz CT molecular complexity index is 751. The normalized spacial score (nSPS) is 10.3. The van der Waals surface area contributed by atoms with Crippen LogP contribution in [0.2, 0.25) is 0 Å². The highest BCUT2D eigenvalue weighted by atomic mass is 32.2. The van der Waals surface area contributed by atoms with E-state index in [0.717, 1.165) is 15.6 Å². The van der Waals surface area contributed by atoms with Crippen molar-refractivity contribution in [2.75, 3.05) is 10.8 Å². The molecule has 3 aromatic rings. The van der Waals surface area contributed by atoms with E-state index in [1.165, 1.54) is 23.1 Å². The third-order valence-electron chi connectivity index (χ3n) is 3.18. The molecular weight excluding hydrogens is 340 g/mol. The predicted molar refractivity (Wildman–Crippen MR) is 97.8 cm³/mol. The van der Waals surface area contributed by atoms with Crippen molar-refractivity contribution in [2.24, 2.45) is 0 Å². The van der Waals surface area contributed by atoms with Crippen molar-refractivity contribution in [3.8, 4) is 0 Å². The molecule has 0 fully saturated rings. The van der Waals surface area contributed by atoms with Crippen molar-refractivity contribution in [1.29, 1.82) is 0 Å². The summed E-state index contributed by atoms with van der Waals surface area (Å²) in [5.74, 6) is 0.225. The lowest BCUT2D eigenvalue weighted by Crippen LogP contribution is -2.42. The number of carbonyl (C=O) groups excluding carboxylic acids is 1. The van der Waals surface area contributed by atoms with Crippen molar-refractivity contribution in [2.45, 2.75) is 10.9 Å². The fourth-order valence-corrected chi connectivity index (χ4v) is 3.39. The Kier molecular flexibility index (Phi) is 5.81. The van der Waals surface area contributed by atoms with E-state index in [-0.39, 0.29) is 5.91 Å². The average molecular weight is 356 g/mol. The van der Waals surface area contributed by atoms with Crippen LogP contribution in [0.4, 0.5) is 5.69 Å². The zero-order valence-electron chi connectivity index (χ0n) is 12.8. The minimum atomic E-state index is -0.0741. The number of anilines is 1. The van der Waals surface area contributed by atoms with Gasteiger partial charge in [0.15, 0.2) is 4.34 Å². The molecule has 0 spiro atoms. The van der Waals surface area contributed by atoms with Gasteiger partial charge >= 0.3 is 0 Å². The van der Waals surface area contributed by atoms with Crippen molar-refractivity contribution in [1.82, 2.24) is 15.6 Å². The van der Waals surface area contributed by atoms with E-state index >= 15 is 0 Å². The van der Waals surface area contributed by atoms with Crippen molar-refractivity contribution in [3.05, 3.63) is 71.7 Å². The Hall–Kier alpha value is -2.38. The quantitative estimate of drug-likeness (QED) is 0.520. The van der Waals surface area contributed by atoms with E-state index in [0.29, 0.717) is 12.3 Å². The molecule has 1 amide bonds. The molecule has 1 aromatic heterocycles. The number of nitrogens with one attached hydrogen (secondary N) is 1. The maximum atomic E-state index is 12.3. The lowest BCUT2D eigenvalue weighted by atomic mass is 10.2. The van der Waals surface area contributed by atoms with Crippen LogP contribution in [0, 0.1) is 0 Å². The fourth-order valence-electron chi connectivity index (χ4n) is 2.11. The number of rotatable bonds is 7. The van der Waals surface area contributed by atoms with Crippen LogP contribution in [0.1, 0.15) is 5.56 Å². The Morgan fingerprint density at radius 3 is 2.46 bits per heavy atom. The molecule has 3 rings (SSSR count). The molecule has 0 aliphatic heterocycles. The van der Waals surface area contributed by atoms with Crippen LogP contribution < -0.4 is 10.4 Å². The molecule has 0 aliphatic carbocycles. The summed E-state index contributed by atoms with van der Waals surface area (Å²) in [5, 5.41) is 9.56. The molecular formula is C17H16N4OS2. The highest BCUT2D eigenvalue weighted by molar-refractivity contribution is 8.01. The van der Waals surface area contributed by atoms with E-state index in [1.807, 2.05) is 65.7 Å². The van der Waals surface area contributed by atoms with Gasteiger partial charge in [0.1, 0.15) is 5.51 Å². The van der Waals surface area contributed by atoms with E-state index in [9.17, 15) is 4.79 Å². The third kappa shape index (κ3) is 4.81. The van der Waals surface area contributed by atoms with Gasteiger partial charge in [-0.1, -0.05) is 71.6 Å². The molecule has 0 saturated carbocycles. The van der Waals surface area contributed by atoms with Crippen molar-refractivity contribution >= 4 is 34.7 Å². The second kappa shape index (κ2) is 8.47. The largest absolute Gasteiger partial charge is 0.281 e. The highest BCUT2D eigenvalue weighted by Gasteiger charge is 2.12. The Morgan fingerprint density at radius 2 is 1.79 bits per heavy atom. The molecule has 0 unspecified atom stereocenters. The molecule has 122 valence electrons. The SMILES string of the molecule is O=C(CSc1nncs1)NN(Cc1ccccc1)c1ccccc1. The minimum absolute atomic E-state index is 0.0741. The molecule has 2 aromatic carbocycles. The first kappa shape index (κ1) is 16.5. The molecule has 0 radical (unpaired) electrons. The molecule has 0 atom stereocenters. The summed E-state index contributed by atoms with van der Waals surface area (Å²) in [6.45, 7) is 0.597. The Labute approximate surface area is 148 Å². The topological polar surface area (TPSA) is 58.1 Å². The van der Waals surface area contributed by atoms with Gasteiger partial charge in [0.05, 0.1) is 18.0 Å². The predicted octanol–water partition coefficient (Wildman–Crippen LogP) is 3.37. The first-order valence-corrected chi connectivity index (χ1v) is 9.23. The number of hydrazine groups is 1. The molecule has 7 heteroatoms. The van der Waals surface area contributed by atoms with E-state index in [2.05, 4.69) is 15.6 Å². The summed E-state index contributed by atoms with van der Waals surface area (Å²) < 4.78 is 0.791. The standard InChI is InChI=1S/C17H16N4OS2/c22-16(12-23-17-19-18-13-24-17)20-21(15-9-5-2-6-10-15)11-14-7-3-1-4-8-14/h1-10,13H,11-12H2,(H,20,22). The van der Waals surface area contributed by atoms with Gasteiger partial charge in [-0.2, -0.15) is 0 Å². The molecule has 5 nitrogen and oxygen atoms in total. The van der Waals surface area contributed by atoms with E-state index < -0.39 is 0 Å². The monoisotopic (exact) mass is 356 g/mol. The summed E-state index contributed by atoms with van der Waals surface area (Å²) >= 11 is 2.81. The van der Waals surface area contributed by atoms with E-state index in [1.54, 1.807) is 5.51 Å². The summed E-state index contributed by atoms with van der Waals surface area (Å²) in [5.41, 5.74) is 6.70. The fraction of sp³-hybridized carbons (Fsp3) is 0.118. The van der Waals surface area contributed by atoms with Gasteiger partial charge in [0.25, 0.3) is 0 Å². The third-order valence-corrected chi connectivity index (χ3v) is 5.04. The van der Waals surface area contributed by atoms with Crippen LogP contribution in [-0.4, -0.2) is 21.9 Å². The van der Waals surface area contributed by atoms with Gasteiger partial charge in [-0.3, -0.25) is 15.2 Å². The first-order valence-electron chi connectivity index (χ1n) is 7.36. The van der Waals surface area contributed by atoms with Crippen LogP contribution in [0.25, 0.3) is 0 Å². The number of benzene rings is 2. The van der Waals surface area contributed by atoms with Gasteiger partial charge in [-0.25, -0.2) is 0 Å². The van der Waals surface area contributed by atoms with Crippen molar-refractivity contribution in [3.63, 3.8) is 0 Å². The van der Waals surface area contributed by atoms with Crippen LogP contribution >= 0.6 is 23.1 Å². The lowest BCUT2D eigenvalue weighted by Gasteiger charge is -2.25. The smallest absolute Gasteiger partial charge is 0.248 e.